The predicted molar refractivity (Wildman–Crippen MR) is 67.3 cm³/mol. The van der Waals surface area contributed by atoms with Crippen LogP contribution < -0.4 is 5.46 Å². The van der Waals surface area contributed by atoms with Crippen molar-refractivity contribution in [3.8, 4) is 0 Å². The molecule has 0 saturated heterocycles. The lowest BCUT2D eigenvalue weighted by Crippen LogP contribution is -2.18. The molecule has 0 radical (unpaired) electrons. The minimum absolute atomic E-state index is 0.167. The highest BCUT2D eigenvalue weighted by molar-refractivity contribution is 6.33. The van der Waals surface area contributed by atoms with Crippen LogP contribution in [0.2, 0.25) is 0 Å². The van der Waals surface area contributed by atoms with Gasteiger partial charge in [0.1, 0.15) is 7.85 Å². The quantitative estimate of drug-likeness (QED) is 0.503. The fourth-order valence-electron chi connectivity index (χ4n) is 2.30. The molecule has 0 fully saturated rings. The van der Waals surface area contributed by atoms with E-state index in [1.54, 1.807) is 0 Å². The summed E-state index contributed by atoms with van der Waals surface area (Å²) in [6.45, 7) is 0. The molecule has 0 spiro atoms. The van der Waals surface area contributed by atoms with Crippen molar-refractivity contribution in [1.82, 2.24) is 0 Å². The van der Waals surface area contributed by atoms with E-state index in [2.05, 4.69) is 12.1 Å². The van der Waals surface area contributed by atoms with Crippen LogP contribution in [-0.2, 0) is 6.42 Å². The van der Waals surface area contributed by atoms with Gasteiger partial charge < -0.3 is 0 Å². The first-order valence-corrected chi connectivity index (χ1v) is 5.48. The Kier molecular flexibility index (Phi) is 1.96. The van der Waals surface area contributed by atoms with Gasteiger partial charge in [-0.1, -0.05) is 47.9 Å². The monoisotopic (exact) mass is 206 g/mol. The normalized spacial score (nSPS) is 13.1. The van der Waals surface area contributed by atoms with Crippen LogP contribution in [0.15, 0.2) is 42.5 Å². The summed E-state index contributed by atoms with van der Waals surface area (Å²) in [5.41, 5.74) is 5.17. The molecule has 1 aliphatic rings. The molecule has 3 rings (SSSR count). The molecule has 0 aliphatic heterocycles. The second-order valence-electron chi connectivity index (χ2n) is 4.32. The molecular formula is C14H11BO. The van der Waals surface area contributed by atoms with Gasteiger partial charge in [-0.05, 0) is 17.5 Å². The number of carbonyl (C=O) groups excluding carboxylic acids is 1. The smallest absolute Gasteiger partial charge is 0.193 e. The van der Waals surface area contributed by atoms with Gasteiger partial charge in [-0.2, -0.15) is 0 Å². The zero-order chi connectivity index (χ0) is 11.1. The molecule has 0 atom stereocenters. The Balaban J connectivity index is 2.23. The lowest BCUT2D eigenvalue weighted by atomic mass is 9.82. The van der Waals surface area contributed by atoms with Crippen molar-refractivity contribution in [1.29, 1.82) is 0 Å². The summed E-state index contributed by atoms with van der Waals surface area (Å²) in [5, 5.41) is 0. The van der Waals surface area contributed by atoms with Gasteiger partial charge in [0.2, 0.25) is 0 Å². The van der Waals surface area contributed by atoms with Crippen molar-refractivity contribution >= 4 is 19.1 Å². The molecule has 2 aromatic carbocycles. The van der Waals surface area contributed by atoms with E-state index < -0.39 is 0 Å². The summed E-state index contributed by atoms with van der Waals surface area (Å²) < 4.78 is 0. The van der Waals surface area contributed by atoms with Gasteiger partial charge in [-0.25, -0.2) is 0 Å². The predicted octanol–water partition coefficient (Wildman–Crippen LogP) is 1.08. The number of hydrogen-bond donors (Lipinski definition) is 0. The first-order valence-electron chi connectivity index (χ1n) is 5.48. The Labute approximate surface area is 95.5 Å². The minimum atomic E-state index is 0.167. The maximum Gasteiger partial charge on any atom is 0.193 e. The maximum atomic E-state index is 12.3. The number of benzene rings is 2. The van der Waals surface area contributed by atoms with Crippen LogP contribution in [0.1, 0.15) is 27.0 Å². The molecule has 0 N–H and O–H groups in total. The molecule has 0 unspecified atom stereocenters. The molecule has 2 heteroatoms. The lowest BCUT2D eigenvalue weighted by Gasteiger charge is -2.18. The van der Waals surface area contributed by atoms with Crippen LogP contribution >= 0.6 is 0 Å². The van der Waals surface area contributed by atoms with E-state index in [0.717, 1.165) is 34.1 Å². The first kappa shape index (κ1) is 9.40. The van der Waals surface area contributed by atoms with E-state index >= 15 is 0 Å². The summed E-state index contributed by atoms with van der Waals surface area (Å²) in [7, 11) is 2.02. The molecule has 1 aliphatic carbocycles. The Morgan fingerprint density at radius 3 is 2.56 bits per heavy atom. The highest BCUT2D eigenvalue weighted by Gasteiger charge is 2.22. The molecule has 0 aromatic heterocycles. The molecule has 0 amide bonds. The highest BCUT2D eigenvalue weighted by atomic mass is 16.1. The van der Waals surface area contributed by atoms with Gasteiger partial charge in [0, 0.05) is 11.1 Å². The Morgan fingerprint density at radius 2 is 1.69 bits per heavy atom. The third kappa shape index (κ3) is 1.30. The first-order chi connectivity index (χ1) is 7.75. The highest BCUT2D eigenvalue weighted by Crippen LogP contribution is 2.25. The Bertz CT molecular complexity index is 587. The van der Waals surface area contributed by atoms with Crippen LogP contribution in [-0.4, -0.2) is 13.6 Å². The van der Waals surface area contributed by atoms with Gasteiger partial charge in [0.15, 0.2) is 5.78 Å². The molecule has 0 saturated carbocycles. The number of rotatable bonds is 0. The zero-order valence-electron chi connectivity index (χ0n) is 9.16. The summed E-state index contributed by atoms with van der Waals surface area (Å²) in [4.78, 5) is 12.3. The average Bonchev–Trinajstić information content (AvgIpc) is 2.31. The van der Waals surface area contributed by atoms with Crippen LogP contribution in [0.4, 0.5) is 0 Å². The fourth-order valence-corrected chi connectivity index (χ4v) is 2.30. The number of ketones is 1. The number of fused-ring (bicyclic) bond motifs is 2. The molecule has 0 heterocycles. The molecule has 76 valence electrons. The third-order valence-corrected chi connectivity index (χ3v) is 3.15. The van der Waals surface area contributed by atoms with Gasteiger partial charge in [-0.15, -0.1) is 0 Å². The van der Waals surface area contributed by atoms with Crippen molar-refractivity contribution in [2.75, 3.05) is 0 Å². The van der Waals surface area contributed by atoms with Crippen molar-refractivity contribution in [2.24, 2.45) is 0 Å². The van der Waals surface area contributed by atoms with Crippen LogP contribution in [0, 0.1) is 0 Å². The third-order valence-electron chi connectivity index (χ3n) is 3.15. The van der Waals surface area contributed by atoms with Gasteiger partial charge in [0.25, 0.3) is 0 Å². The van der Waals surface area contributed by atoms with Crippen LogP contribution in [0.3, 0.4) is 0 Å². The second kappa shape index (κ2) is 3.34. The molecule has 16 heavy (non-hydrogen) atoms. The SMILES string of the molecule is Bc1ccc2c(c1)C(=O)c1ccccc1C2. The fraction of sp³-hybridized carbons (Fsp3) is 0.0714. The molecule has 0 bridgehead atoms. The minimum Gasteiger partial charge on any atom is -0.289 e. The maximum absolute atomic E-state index is 12.3. The van der Waals surface area contributed by atoms with Crippen molar-refractivity contribution in [3.63, 3.8) is 0 Å². The van der Waals surface area contributed by atoms with Crippen LogP contribution in [0.5, 0.6) is 0 Å². The summed E-state index contributed by atoms with van der Waals surface area (Å²) >= 11 is 0. The van der Waals surface area contributed by atoms with Gasteiger partial charge >= 0.3 is 0 Å². The van der Waals surface area contributed by atoms with Crippen molar-refractivity contribution in [2.45, 2.75) is 6.42 Å². The van der Waals surface area contributed by atoms with Gasteiger partial charge in [-0.3, -0.25) is 4.79 Å². The Hall–Kier alpha value is -1.83. The molecular weight excluding hydrogens is 195 g/mol. The number of carbonyl (C=O) groups is 1. The second-order valence-corrected chi connectivity index (χ2v) is 4.32. The van der Waals surface area contributed by atoms with E-state index in [9.17, 15) is 4.79 Å². The zero-order valence-corrected chi connectivity index (χ0v) is 9.16. The average molecular weight is 206 g/mol. The van der Waals surface area contributed by atoms with Crippen LogP contribution in [0.25, 0.3) is 0 Å². The van der Waals surface area contributed by atoms with Crippen molar-refractivity contribution < 1.29 is 4.79 Å². The summed E-state index contributed by atoms with van der Waals surface area (Å²) in [6.07, 6.45) is 0.873. The van der Waals surface area contributed by atoms with E-state index in [-0.39, 0.29) is 5.78 Å². The topological polar surface area (TPSA) is 17.1 Å². The molecule has 1 nitrogen and oxygen atoms in total. The summed E-state index contributed by atoms with van der Waals surface area (Å²) in [5.74, 6) is 0.167. The van der Waals surface area contributed by atoms with Gasteiger partial charge in [0.05, 0.1) is 0 Å². The van der Waals surface area contributed by atoms with E-state index in [0.29, 0.717) is 0 Å². The standard InChI is InChI=1S/C14H11BO/c15-11-6-5-10-7-9-3-1-2-4-12(9)14(16)13(10)8-11/h1-6,8H,7,15H2. The molecule has 2 aromatic rings. The Morgan fingerprint density at radius 1 is 0.938 bits per heavy atom. The van der Waals surface area contributed by atoms with E-state index in [1.165, 1.54) is 0 Å². The number of hydrogen-bond acceptors (Lipinski definition) is 1. The lowest BCUT2D eigenvalue weighted by molar-refractivity contribution is 0.103. The largest absolute Gasteiger partial charge is 0.289 e. The summed E-state index contributed by atoms with van der Waals surface area (Å²) in [6, 6.07) is 14.0. The van der Waals surface area contributed by atoms with Crippen molar-refractivity contribution in [3.05, 3.63) is 64.7 Å². The van der Waals surface area contributed by atoms with E-state index in [4.69, 9.17) is 0 Å². The van der Waals surface area contributed by atoms with E-state index in [1.807, 2.05) is 38.2 Å².